The zero-order chi connectivity index (χ0) is 36.9. The quantitative estimate of drug-likeness (QED) is 0.0482. The number of unbranched alkanes of at least 4 members (excludes halogenated alkanes) is 38. The lowest BCUT2D eigenvalue weighted by molar-refractivity contribution is 0.125. The molecular weight excluding hydrogens is 641 g/mol. The van der Waals surface area contributed by atoms with Gasteiger partial charge in [0.2, 0.25) is 0 Å². The summed E-state index contributed by atoms with van der Waals surface area (Å²) in [4.78, 5) is 0. The van der Waals surface area contributed by atoms with Crippen LogP contribution in [0.3, 0.4) is 0 Å². The molecule has 0 aromatic heterocycles. The second-order valence-corrected chi connectivity index (χ2v) is 16.4. The SMILES string of the molecule is CCCCCCCCCCCCCCCCCCCCCCOCCCCCCCCCCCCCCCCCCCCCC.O=S(=O)(O)O. The Balaban J connectivity index is 0. The summed E-state index contributed by atoms with van der Waals surface area (Å²) < 4.78 is 37.5. The van der Waals surface area contributed by atoms with Gasteiger partial charge in [-0.05, 0) is 12.8 Å². The lowest BCUT2D eigenvalue weighted by atomic mass is 10.0. The zero-order valence-electron chi connectivity index (χ0n) is 34.2. The monoisotopic (exact) mass is 733 g/mol. The summed E-state index contributed by atoms with van der Waals surface area (Å²) >= 11 is 0. The Morgan fingerprint density at radius 3 is 0.540 bits per heavy atom. The second-order valence-electron chi connectivity index (χ2n) is 15.5. The maximum atomic E-state index is 8.74. The fourth-order valence-electron chi connectivity index (χ4n) is 7.02. The van der Waals surface area contributed by atoms with E-state index in [-0.39, 0.29) is 0 Å². The van der Waals surface area contributed by atoms with Crippen LogP contribution < -0.4 is 0 Å². The van der Waals surface area contributed by atoms with Crippen LogP contribution >= 0.6 is 0 Å². The van der Waals surface area contributed by atoms with E-state index in [0.717, 1.165) is 13.2 Å². The summed E-state index contributed by atoms with van der Waals surface area (Å²) in [6.07, 6.45) is 58.0. The molecule has 5 nitrogen and oxygen atoms in total. The Kier molecular flexibility index (Phi) is 48.7. The fourth-order valence-corrected chi connectivity index (χ4v) is 7.02. The highest BCUT2D eigenvalue weighted by molar-refractivity contribution is 7.79. The molecule has 6 heteroatoms. The minimum Gasteiger partial charge on any atom is -0.381 e. The Bertz CT molecular complexity index is 634. The maximum absolute atomic E-state index is 8.74. The third kappa shape index (κ3) is 59.9. The molecule has 0 fully saturated rings. The molecule has 0 rings (SSSR count). The van der Waals surface area contributed by atoms with Gasteiger partial charge in [0.1, 0.15) is 0 Å². The maximum Gasteiger partial charge on any atom is 0.394 e. The summed E-state index contributed by atoms with van der Waals surface area (Å²) in [5.41, 5.74) is 0. The molecule has 0 aliphatic carbocycles. The molecule has 0 saturated heterocycles. The summed E-state index contributed by atoms with van der Waals surface area (Å²) in [7, 11) is -4.67. The van der Waals surface area contributed by atoms with Crippen LogP contribution in [0.2, 0.25) is 0 Å². The molecule has 0 amide bonds. The van der Waals surface area contributed by atoms with Gasteiger partial charge in [-0.3, -0.25) is 9.11 Å². The van der Waals surface area contributed by atoms with Crippen LogP contribution in [-0.2, 0) is 15.1 Å². The largest absolute Gasteiger partial charge is 0.394 e. The predicted octanol–water partition coefficient (Wildman–Crippen LogP) is 16.0. The normalized spacial score (nSPS) is 11.6. The van der Waals surface area contributed by atoms with Gasteiger partial charge in [0.05, 0.1) is 0 Å². The summed E-state index contributed by atoms with van der Waals surface area (Å²) in [5.74, 6) is 0. The average Bonchev–Trinajstić information content (AvgIpc) is 3.08. The molecule has 0 aromatic rings. The van der Waals surface area contributed by atoms with Gasteiger partial charge in [-0.2, -0.15) is 8.42 Å². The Labute approximate surface area is 315 Å². The van der Waals surface area contributed by atoms with Gasteiger partial charge >= 0.3 is 10.4 Å². The number of rotatable bonds is 42. The number of hydrogen-bond donors (Lipinski definition) is 2. The first kappa shape index (κ1) is 51.9. The van der Waals surface area contributed by atoms with Crippen LogP contribution in [-0.4, -0.2) is 30.7 Å². The minimum absolute atomic E-state index is 0.998. The lowest BCUT2D eigenvalue weighted by Gasteiger charge is -2.06. The van der Waals surface area contributed by atoms with Gasteiger partial charge in [0.25, 0.3) is 0 Å². The van der Waals surface area contributed by atoms with Crippen molar-refractivity contribution in [3.8, 4) is 0 Å². The smallest absolute Gasteiger partial charge is 0.381 e. The molecule has 0 radical (unpaired) electrons. The summed E-state index contributed by atoms with van der Waals surface area (Å²) in [5, 5.41) is 0. The molecule has 0 bridgehead atoms. The van der Waals surface area contributed by atoms with E-state index in [1.807, 2.05) is 0 Å². The van der Waals surface area contributed by atoms with E-state index in [0.29, 0.717) is 0 Å². The van der Waals surface area contributed by atoms with Crippen LogP contribution in [0.5, 0.6) is 0 Å². The van der Waals surface area contributed by atoms with Crippen molar-refractivity contribution in [3.63, 3.8) is 0 Å². The van der Waals surface area contributed by atoms with E-state index in [1.165, 1.54) is 257 Å². The molecular formula is C44H92O5S. The highest BCUT2D eigenvalue weighted by Crippen LogP contribution is 2.16. The molecule has 0 aliphatic rings. The predicted molar refractivity (Wildman–Crippen MR) is 221 cm³/mol. The van der Waals surface area contributed by atoms with Crippen LogP contribution in [0, 0.1) is 0 Å². The van der Waals surface area contributed by atoms with E-state index in [2.05, 4.69) is 13.8 Å². The lowest BCUT2D eigenvalue weighted by Crippen LogP contribution is -1.97. The van der Waals surface area contributed by atoms with Crippen LogP contribution in [0.4, 0.5) is 0 Å². The molecule has 0 unspecified atom stereocenters. The first-order chi connectivity index (χ1) is 24.4. The second kappa shape index (κ2) is 46.9. The van der Waals surface area contributed by atoms with Crippen molar-refractivity contribution in [2.75, 3.05) is 13.2 Å². The first-order valence-corrected chi connectivity index (χ1v) is 24.1. The van der Waals surface area contributed by atoms with Crippen molar-refractivity contribution in [3.05, 3.63) is 0 Å². The van der Waals surface area contributed by atoms with Gasteiger partial charge in [0.15, 0.2) is 0 Å². The first-order valence-electron chi connectivity index (χ1n) is 22.7. The summed E-state index contributed by atoms with van der Waals surface area (Å²) in [6.45, 7) is 6.61. The Hall–Kier alpha value is -0.170. The molecule has 0 spiro atoms. The topological polar surface area (TPSA) is 83.8 Å². The molecule has 0 heterocycles. The van der Waals surface area contributed by atoms with Crippen molar-refractivity contribution >= 4 is 10.4 Å². The molecule has 304 valence electrons. The minimum atomic E-state index is -4.67. The van der Waals surface area contributed by atoms with E-state index in [9.17, 15) is 0 Å². The van der Waals surface area contributed by atoms with Crippen molar-refractivity contribution in [1.82, 2.24) is 0 Å². The zero-order valence-corrected chi connectivity index (χ0v) is 35.0. The molecule has 0 aromatic carbocycles. The van der Waals surface area contributed by atoms with E-state index in [1.54, 1.807) is 0 Å². The van der Waals surface area contributed by atoms with Crippen molar-refractivity contribution < 1.29 is 22.3 Å². The van der Waals surface area contributed by atoms with Crippen molar-refractivity contribution in [2.45, 2.75) is 271 Å². The molecule has 0 atom stereocenters. The van der Waals surface area contributed by atoms with Crippen molar-refractivity contribution in [1.29, 1.82) is 0 Å². The highest BCUT2D eigenvalue weighted by atomic mass is 32.3. The van der Waals surface area contributed by atoms with Gasteiger partial charge in [0, 0.05) is 13.2 Å². The van der Waals surface area contributed by atoms with Gasteiger partial charge in [-0.1, -0.05) is 258 Å². The Morgan fingerprint density at radius 1 is 0.280 bits per heavy atom. The van der Waals surface area contributed by atoms with Gasteiger partial charge < -0.3 is 4.74 Å². The molecule has 50 heavy (non-hydrogen) atoms. The van der Waals surface area contributed by atoms with E-state index >= 15 is 0 Å². The van der Waals surface area contributed by atoms with Gasteiger partial charge in [-0.25, -0.2) is 0 Å². The Morgan fingerprint density at radius 2 is 0.400 bits per heavy atom. The van der Waals surface area contributed by atoms with E-state index in [4.69, 9.17) is 22.3 Å². The van der Waals surface area contributed by atoms with E-state index < -0.39 is 10.4 Å². The highest BCUT2D eigenvalue weighted by Gasteiger charge is 1.98. The molecule has 2 N–H and O–H groups in total. The standard InChI is InChI=1S/C44H90O.H2O4S/c1-3-5-7-9-11-13-15-17-19-21-23-25-27-29-31-33-35-37-39-41-43-45-44-42-40-38-36-34-32-30-28-26-24-22-20-18-16-14-12-10-8-6-4-2;1-5(2,3)4/h3-44H2,1-2H3;(H2,1,2,3,4). The van der Waals surface area contributed by atoms with Gasteiger partial charge in [-0.15, -0.1) is 0 Å². The van der Waals surface area contributed by atoms with Crippen LogP contribution in [0.15, 0.2) is 0 Å². The van der Waals surface area contributed by atoms with Crippen LogP contribution in [0.1, 0.15) is 271 Å². The van der Waals surface area contributed by atoms with Crippen molar-refractivity contribution in [2.24, 2.45) is 0 Å². The van der Waals surface area contributed by atoms with Crippen LogP contribution in [0.25, 0.3) is 0 Å². The third-order valence-corrected chi connectivity index (χ3v) is 10.3. The molecule has 0 saturated carbocycles. The number of ether oxygens (including phenoxy) is 1. The average molecular weight is 733 g/mol. The fraction of sp³-hybridized carbons (Fsp3) is 1.00. The molecule has 0 aliphatic heterocycles. The summed E-state index contributed by atoms with van der Waals surface area (Å²) in [6, 6.07) is 0. The number of hydrogen-bond acceptors (Lipinski definition) is 3. The third-order valence-electron chi connectivity index (χ3n) is 10.3.